The van der Waals surface area contributed by atoms with E-state index in [1.54, 1.807) is 6.07 Å². The number of nitrogens with one attached hydrogen (secondary N) is 1. The summed E-state index contributed by atoms with van der Waals surface area (Å²) in [5.41, 5.74) is 2.19. The van der Waals surface area contributed by atoms with Gasteiger partial charge in [-0.1, -0.05) is 49.9 Å². The van der Waals surface area contributed by atoms with Crippen LogP contribution in [0.2, 0.25) is 0 Å². The molecule has 1 aromatic carbocycles. The van der Waals surface area contributed by atoms with E-state index in [1.807, 2.05) is 38.1 Å². The van der Waals surface area contributed by atoms with E-state index in [2.05, 4.69) is 5.32 Å². The van der Waals surface area contributed by atoms with Crippen molar-refractivity contribution >= 4 is 23.0 Å². The van der Waals surface area contributed by atoms with Crippen LogP contribution in [-0.4, -0.2) is 28.1 Å². The molecule has 1 aromatic rings. The molecule has 1 heterocycles. The van der Waals surface area contributed by atoms with Crippen molar-refractivity contribution in [2.45, 2.75) is 32.2 Å². The molecule has 1 saturated heterocycles. The number of carbonyl (C=O) groups is 2. The van der Waals surface area contributed by atoms with E-state index in [9.17, 15) is 14.7 Å². The van der Waals surface area contributed by atoms with E-state index in [0.717, 1.165) is 16.9 Å². The van der Waals surface area contributed by atoms with Crippen molar-refractivity contribution in [3.63, 3.8) is 0 Å². The van der Waals surface area contributed by atoms with Crippen molar-refractivity contribution in [1.29, 1.82) is 0 Å². The van der Waals surface area contributed by atoms with Crippen molar-refractivity contribution in [3.05, 3.63) is 47.0 Å². The van der Waals surface area contributed by atoms with Crippen LogP contribution in [0.15, 0.2) is 30.4 Å². The van der Waals surface area contributed by atoms with Crippen molar-refractivity contribution in [3.8, 4) is 0 Å². The number of allylic oxidation sites excluding steroid dienone is 1. The third kappa shape index (κ3) is 4.11. The summed E-state index contributed by atoms with van der Waals surface area (Å²) in [6, 6.07) is 5.68. The Morgan fingerprint density at radius 3 is 2.86 bits per heavy atom. The van der Waals surface area contributed by atoms with Crippen LogP contribution in [0.4, 0.5) is 4.79 Å². The van der Waals surface area contributed by atoms with Crippen molar-refractivity contribution in [2.24, 2.45) is 0 Å². The molecule has 1 amide bonds. The van der Waals surface area contributed by atoms with Gasteiger partial charge < -0.3 is 10.4 Å². The maximum Gasteiger partial charge on any atom is 0.335 e. The Hall–Kier alpha value is -1.75. The third-order valence-electron chi connectivity index (χ3n) is 3.39. The highest BCUT2D eigenvalue weighted by Gasteiger charge is 2.18. The maximum absolute atomic E-state index is 11.3. The smallest absolute Gasteiger partial charge is 0.335 e. The molecule has 2 rings (SSSR count). The average Bonchev–Trinajstić information content (AvgIpc) is 2.84. The van der Waals surface area contributed by atoms with Crippen LogP contribution in [0.3, 0.4) is 0 Å². The Kier molecular flexibility index (Phi) is 5.07. The predicted molar refractivity (Wildman–Crippen MR) is 85.1 cm³/mol. The fraction of sp³-hybridized carbons (Fsp3) is 0.375. The van der Waals surface area contributed by atoms with Gasteiger partial charge >= 0.3 is 5.97 Å². The minimum absolute atomic E-state index is 0.0131. The fourth-order valence-electron chi connectivity index (χ4n) is 2.29. The molecule has 112 valence electrons. The van der Waals surface area contributed by atoms with Gasteiger partial charge in [-0.15, -0.1) is 0 Å². The fourth-order valence-corrected chi connectivity index (χ4v) is 3.05. The molecule has 0 radical (unpaired) electrons. The van der Waals surface area contributed by atoms with Crippen molar-refractivity contribution in [2.75, 3.05) is 5.75 Å². The summed E-state index contributed by atoms with van der Waals surface area (Å²) in [6.45, 7) is 3.98. The molecule has 21 heavy (non-hydrogen) atoms. The highest BCUT2D eigenvalue weighted by molar-refractivity contribution is 8.14. The first-order valence-corrected chi connectivity index (χ1v) is 7.92. The summed E-state index contributed by atoms with van der Waals surface area (Å²) >= 11 is 1.28. The molecule has 0 bridgehead atoms. The molecular weight excluding hydrogens is 286 g/mol. The SMILES string of the molecule is CC(C)c1ccc(CC=CC2CSC(=O)N2)cc1C(=O)O. The number of amides is 1. The lowest BCUT2D eigenvalue weighted by molar-refractivity contribution is 0.0695. The molecule has 0 saturated carbocycles. The maximum atomic E-state index is 11.3. The molecule has 1 atom stereocenters. The topological polar surface area (TPSA) is 66.4 Å². The molecule has 2 N–H and O–H groups in total. The van der Waals surface area contributed by atoms with Crippen LogP contribution in [-0.2, 0) is 6.42 Å². The van der Waals surface area contributed by atoms with E-state index in [1.165, 1.54) is 11.8 Å². The van der Waals surface area contributed by atoms with Gasteiger partial charge in [0.15, 0.2) is 0 Å². The second kappa shape index (κ2) is 6.80. The standard InChI is InChI=1S/C16H19NO3S/c1-10(2)13-7-6-11(8-14(13)15(18)19)4-3-5-12-9-21-16(20)17-12/h3,5-8,10,12H,4,9H2,1-2H3,(H,17,20)(H,18,19). The van der Waals surface area contributed by atoms with Gasteiger partial charge in [-0.3, -0.25) is 4.79 Å². The summed E-state index contributed by atoms with van der Waals surface area (Å²) in [7, 11) is 0. The Morgan fingerprint density at radius 2 is 2.29 bits per heavy atom. The molecule has 5 heteroatoms. The van der Waals surface area contributed by atoms with Crippen molar-refractivity contribution in [1.82, 2.24) is 5.32 Å². The second-order valence-corrected chi connectivity index (χ2v) is 6.36. The number of hydrogen-bond acceptors (Lipinski definition) is 3. The van der Waals surface area contributed by atoms with Gasteiger partial charge in [0.05, 0.1) is 11.6 Å². The number of carbonyl (C=O) groups excluding carboxylic acids is 1. The first kappa shape index (κ1) is 15.6. The molecule has 1 unspecified atom stereocenters. The van der Waals surface area contributed by atoms with Gasteiger partial charge in [0.2, 0.25) is 0 Å². The second-order valence-electron chi connectivity index (χ2n) is 5.36. The highest BCUT2D eigenvalue weighted by Crippen LogP contribution is 2.21. The Balaban J connectivity index is 2.07. The summed E-state index contributed by atoms with van der Waals surface area (Å²) in [5.74, 6) is 0.0533. The van der Waals surface area contributed by atoms with Gasteiger partial charge in [-0.2, -0.15) is 0 Å². The van der Waals surface area contributed by atoms with E-state index in [4.69, 9.17) is 0 Å². The Labute approximate surface area is 128 Å². The zero-order valence-corrected chi connectivity index (χ0v) is 12.9. The average molecular weight is 305 g/mol. The summed E-state index contributed by atoms with van der Waals surface area (Å²) < 4.78 is 0. The normalized spacial score (nSPS) is 18.4. The number of aromatic carboxylic acids is 1. The molecular formula is C16H19NO3S. The number of carboxylic acids is 1. The summed E-state index contributed by atoms with van der Waals surface area (Å²) in [5, 5.41) is 12.1. The molecule has 0 aliphatic carbocycles. The van der Waals surface area contributed by atoms with Crippen LogP contribution >= 0.6 is 11.8 Å². The first-order chi connectivity index (χ1) is 9.97. The van der Waals surface area contributed by atoms with Crippen LogP contribution in [0, 0.1) is 0 Å². The van der Waals surface area contributed by atoms with Crippen LogP contribution in [0.25, 0.3) is 0 Å². The molecule has 0 aromatic heterocycles. The molecule has 1 aliphatic heterocycles. The number of carboxylic acid groups (broad SMARTS) is 1. The monoisotopic (exact) mass is 305 g/mol. The molecule has 0 spiro atoms. The van der Waals surface area contributed by atoms with E-state index in [-0.39, 0.29) is 17.2 Å². The van der Waals surface area contributed by atoms with Gasteiger partial charge in [0.1, 0.15) is 0 Å². The van der Waals surface area contributed by atoms with Crippen LogP contribution < -0.4 is 5.32 Å². The zero-order chi connectivity index (χ0) is 15.4. The number of rotatable bonds is 5. The zero-order valence-electron chi connectivity index (χ0n) is 12.1. The quantitative estimate of drug-likeness (QED) is 0.818. The minimum atomic E-state index is -0.885. The predicted octanol–water partition coefficient (Wildman–Crippen LogP) is 3.43. The van der Waals surface area contributed by atoms with Crippen LogP contribution in [0.1, 0.15) is 41.3 Å². The van der Waals surface area contributed by atoms with E-state index in [0.29, 0.717) is 12.0 Å². The van der Waals surface area contributed by atoms with Gasteiger partial charge in [-0.05, 0) is 29.5 Å². The molecule has 1 aliphatic rings. The molecule has 4 nitrogen and oxygen atoms in total. The lowest BCUT2D eigenvalue weighted by Crippen LogP contribution is -2.23. The van der Waals surface area contributed by atoms with Crippen LogP contribution in [0.5, 0.6) is 0 Å². The Bertz CT molecular complexity index is 581. The number of thioether (sulfide) groups is 1. The summed E-state index contributed by atoms with van der Waals surface area (Å²) in [6.07, 6.45) is 4.61. The number of hydrogen-bond donors (Lipinski definition) is 2. The Morgan fingerprint density at radius 1 is 1.52 bits per heavy atom. The van der Waals surface area contributed by atoms with Gasteiger partial charge in [0.25, 0.3) is 5.24 Å². The summed E-state index contributed by atoms with van der Waals surface area (Å²) in [4.78, 5) is 22.4. The van der Waals surface area contributed by atoms with E-state index >= 15 is 0 Å². The minimum Gasteiger partial charge on any atom is -0.478 e. The third-order valence-corrected chi connectivity index (χ3v) is 4.30. The highest BCUT2D eigenvalue weighted by atomic mass is 32.2. The lowest BCUT2D eigenvalue weighted by Gasteiger charge is -2.11. The van der Waals surface area contributed by atoms with Crippen molar-refractivity contribution < 1.29 is 14.7 Å². The van der Waals surface area contributed by atoms with Gasteiger partial charge in [-0.25, -0.2) is 4.79 Å². The van der Waals surface area contributed by atoms with E-state index < -0.39 is 5.97 Å². The van der Waals surface area contributed by atoms with Gasteiger partial charge in [0, 0.05) is 5.75 Å². The largest absolute Gasteiger partial charge is 0.478 e. The first-order valence-electron chi connectivity index (χ1n) is 6.93. The lowest BCUT2D eigenvalue weighted by atomic mass is 9.94. The molecule has 1 fully saturated rings. The number of benzene rings is 1.